The van der Waals surface area contributed by atoms with E-state index in [-0.39, 0.29) is 5.82 Å². The van der Waals surface area contributed by atoms with Crippen molar-refractivity contribution >= 4 is 17.0 Å². The third-order valence-electron chi connectivity index (χ3n) is 2.93. The molecule has 2 N–H and O–H groups in total. The van der Waals surface area contributed by atoms with E-state index >= 15 is 0 Å². The summed E-state index contributed by atoms with van der Waals surface area (Å²) in [5.74, 6) is 0.710. The quantitative estimate of drug-likeness (QED) is 0.866. The number of benzene rings is 1. The normalized spacial score (nSPS) is 13.2. The Kier molecular flexibility index (Phi) is 2.81. The summed E-state index contributed by atoms with van der Waals surface area (Å²) in [5.41, 5.74) is 7.36. The van der Waals surface area contributed by atoms with Gasteiger partial charge in [-0.25, -0.2) is 9.37 Å². The van der Waals surface area contributed by atoms with Gasteiger partial charge in [0.2, 0.25) is 5.95 Å². The predicted molar refractivity (Wildman–Crippen MR) is 63.6 cm³/mol. The minimum Gasteiger partial charge on any atom is -0.369 e. The van der Waals surface area contributed by atoms with E-state index in [9.17, 15) is 4.39 Å². The van der Waals surface area contributed by atoms with E-state index in [2.05, 4.69) is 18.8 Å². The van der Waals surface area contributed by atoms with Crippen LogP contribution in [0.5, 0.6) is 0 Å². The van der Waals surface area contributed by atoms with E-state index in [1.54, 1.807) is 6.07 Å². The van der Waals surface area contributed by atoms with Crippen LogP contribution in [0, 0.1) is 11.7 Å². The number of aromatic nitrogens is 2. The second kappa shape index (κ2) is 4.12. The van der Waals surface area contributed by atoms with Crippen molar-refractivity contribution in [3.63, 3.8) is 0 Å². The van der Waals surface area contributed by atoms with Gasteiger partial charge in [0, 0.05) is 6.54 Å². The molecule has 86 valence electrons. The van der Waals surface area contributed by atoms with Gasteiger partial charge in [0.05, 0.1) is 11.0 Å². The summed E-state index contributed by atoms with van der Waals surface area (Å²) < 4.78 is 15.0. The Morgan fingerprint density at radius 2 is 2.25 bits per heavy atom. The first-order valence-corrected chi connectivity index (χ1v) is 5.53. The van der Waals surface area contributed by atoms with Gasteiger partial charge in [0.25, 0.3) is 0 Å². The second-order valence-corrected chi connectivity index (χ2v) is 4.23. The fourth-order valence-electron chi connectivity index (χ4n) is 1.75. The molecule has 0 saturated carbocycles. The van der Waals surface area contributed by atoms with Crippen LogP contribution in [0.25, 0.3) is 11.0 Å². The van der Waals surface area contributed by atoms with Gasteiger partial charge in [-0.2, -0.15) is 0 Å². The molecule has 2 rings (SSSR count). The van der Waals surface area contributed by atoms with Crippen molar-refractivity contribution in [1.82, 2.24) is 9.55 Å². The zero-order valence-electron chi connectivity index (χ0n) is 9.57. The Hall–Kier alpha value is -1.58. The van der Waals surface area contributed by atoms with Crippen molar-refractivity contribution in [2.75, 3.05) is 5.73 Å². The molecule has 3 nitrogen and oxygen atoms in total. The molecule has 0 amide bonds. The highest BCUT2D eigenvalue weighted by Gasteiger charge is 2.10. The Balaban J connectivity index is 2.50. The molecule has 0 aliphatic carbocycles. The van der Waals surface area contributed by atoms with E-state index in [1.807, 2.05) is 4.57 Å². The average Bonchev–Trinajstić information content (AvgIpc) is 2.55. The molecule has 4 heteroatoms. The number of imidazole rings is 1. The minimum atomic E-state index is -0.252. The lowest BCUT2D eigenvalue weighted by molar-refractivity contribution is 0.479. The lowest BCUT2D eigenvalue weighted by atomic mass is 10.1. The molecule has 0 aliphatic rings. The Morgan fingerprint density at radius 1 is 1.50 bits per heavy atom. The van der Waals surface area contributed by atoms with Crippen molar-refractivity contribution in [3.8, 4) is 0 Å². The van der Waals surface area contributed by atoms with Crippen LogP contribution in [0.15, 0.2) is 18.2 Å². The molecular weight excluding hydrogens is 205 g/mol. The molecule has 1 unspecified atom stereocenters. The van der Waals surface area contributed by atoms with Crippen LogP contribution in [0.4, 0.5) is 10.3 Å². The van der Waals surface area contributed by atoms with Crippen LogP contribution in [-0.2, 0) is 6.54 Å². The molecule has 0 saturated heterocycles. The summed E-state index contributed by atoms with van der Waals surface area (Å²) in [4.78, 5) is 4.22. The molecule has 1 atom stereocenters. The van der Waals surface area contributed by atoms with Gasteiger partial charge >= 0.3 is 0 Å². The monoisotopic (exact) mass is 221 g/mol. The maximum Gasteiger partial charge on any atom is 0.201 e. The van der Waals surface area contributed by atoms with Crippen molar-refractivity contribution in [3.05, 3.63) is 24.0 Å². The topological polar surface area (TPSA) is 43.8 Å². The summed E-state index contributed by atoms with van der Waals surface area (Å²) in [7, 11) is 0. The van der Waals surface area contributed by atoms with Gasteiger partial charge in [0.15, 0.2) is 0 Å². The Morgan fingerprint density at radius 3 is 2.94 bits per heavy atom. The SMILES string of the molecule is CCC(C)Cn1c(N)nc2ccc(F)cc21. The Bertz CT molecular complexity index is 504. The van der Waals surface area contributed by atoms with Gasteiger partial charge in [-0.05, 0) is 24.1 Å². The van der Waals surface area contributed by atoms with Gasteiger partial charge in [-0.15, -0.1) is 0 Å². The number of halogens is 1. The molecular formula is C12H16FN3. The van der Waals surface area contributed by atoms with Crippen LogP contribution < -0.4 is 5.73 Å². The lowest BCUT2D eigenvalue weighted by Crippen LogP contribution is -2.09. The van der Waals surface area contributed by atoms with Crippen molar-refractivity contribution in [1.29, 1.82) is 0 Å². The highest BCUT2D eigenvalue weighted by Crippen LogP contribution is 2.20. The molecule has 0 spiro atoms. The van der Waals surface area contributed by atoms with E-state index in [0.717, 1.165) is 24.0 Å². The van der Waals surface area contributed by atoms with Crippen LogP contribution >= 0.6 is 0 Å². The van der Waals surface area contributed by atoms with Crippen molar-refractivity contribution < 1.29 is 4.39 Å². The smallest absolute Gasteiger partial charge is 0.201 e. The summed E-state index contributed by atoms with van der Waals surface area (Å²) in [6.45, 7) is 5.05. The number of rotatable bonds is 3. The molecule has 0 fully saturated rings. The first-order chi connectivity index (χ1) is 7.61. The zero-order valence-corrected chi connectivity index (χ0v) is 9.57. The summed E-state index contributed by atoms with van der Waals surface area (Å²) in [6, 6.07) is 4.55. The summed E-state index contributed by atoms with van der Waals surface area (Å²) >= 11 is 0. The van der Waals surface area contributed by atoms with Gasteiger partial charge in [-0.3, -0.25) is 0 Å². The van der Waals surface area contributed by atoms with E-state index in [0.29, 0.717) is 11.9 Å². The summed E-state index contributed by atoms with van der Waals surface area (Å²) in [6.07, 6.45) is 1.06. The highest BCUT2D eigenvalue weighted by atomic mass is 19.1. The van der Waals surface area contributed by atoms with Gasteiger partial charge in [-0.1, -0.05) is 20.3 Å². The number of anilines is 1. The first kappa shape index (κ1) is 10.9. The number of hydrogen-bond acceptors (Lipinski definition) is 2. The minimum absolute atomic E-state index is 0.252. The molecule has 0 bridgehead atoms. The standard InChI is InChI=1S/C12H16FN3/c1-3-8(2)7-16-11-6-9(13)4-5-10(11)15-12(16)14/h4-6,8H,3,7H2,1-2H3,(H2,14,15). The molecule has 1 aromatic heterocycles. The summed E-state index contributed by atoms with van der Waals surface area (Å²) in [5, 5.41) is 0. The maximum absolute atomic E-state index is 13.2. The van der Waals surface area contributed by atoms with Crippen molar-refractivity contribution in [2.45, 2.75) is 26.8 Å². The fourth-order valence-corrected chi connectivity index (χ4v) is 1.75. The van der Waals surface area contributed by atoms with Crippen molar-refractivity contribution in [2.24, 2.45) is 5.92 Å². The first-order valence-electron chi connectivity index (χ1n) is 5.53. The number of fused-ring (bicyclic) bond motifs is 1. The number of hydrogen-bond donors (Lipinski definition) is 1. The van der Waals surface area contributed by atoms with E-state index in [1.165, 1.54) is 12.1 Å². The zero-order chi connectivity index (χ0) is 11.7. The van der Waals surface area contributed by atoms with Crippen LogP contribution in [0.2, 0.25) is 0 Å². The second-order valence-electron chi connectivity index (χ2n) is 4.23. The molecule has 16 heavy (non-hydrogen) atoms. The molecule has 1 heterocycles. The van der Waals surface area contributed by atoms with Gasteiger partial charge in [0.1, 0.15) is 5.82 Å². The molecule has 1 aromatic carbocycles. The lowest BCUT2D eigenvalue weighted by Gasteiger charge is -2.11. The molecule has 0 aliphatic heterocycles. The van der Waals surface area contributed by atoms with Crippen LogP contribution in [0.3, 0.4) is 0 Å². The number of nitrogens with two attached hydrogens (primary N) is 1. The van der Waals surface area contributed by atoms with Gasteiger partial charge < -0.3 is 10.3 Å². The number of nitrogens with zero attached hydrogens (tertiary/aromatic N) is 2. The third-order valence-corrected chi connectivity index (χ3v) is 2.93. The number of nitrogen functional groups attached to an aromatic ring is 1. The highest BCUT2D eigenvalue weighted by molar-refractivity contribution is 5.78. The fraction of sp³-hybridized carbons (Fsp3) is 0.417. The third kappa shape index (κ3) is 1.87. The van der Waals surface area contributed by atoms with Crippen LogP contribution in [-0.4, -0.2) is 9.55 Å². The average molecular weight is 221 g/mol. The molecule has 0 radical (unpaired) electrons. The van der Waals surface area contributed by atoms with E-state index in [4.69, 9.17) is 5.73 Å². The maximum atomic E-state index is 13.2. The van der Waals surface area contributed by atoms with Crippen LogP contribution in [0.1, 0.15) is 20.3 Å². The largest absolute Gasteiger partial charge is 0.369 e. The van der Waals surface area contributed by atoms with E-state index < -0.39 is 0 Å². The Labute approximate surface area is 94.1 Å². The predicted octanol–water partition coefficient (Wildman–Crippen LogP) is 2.80. The molecule has 2 aromatic rings.